The second kappa shape index (κ2) is 7.52. The predicted molar refractivity (Wildman–Crippen MR) is 98.0 cm³/mol. The van der Waals surface area contributed by atoms with Crippen molar-refractivity contribution in [1.82, 2.24) is 4.98 Å². The second-order valence-corrected chi connectivity index (χ2v) is 5.63. The lowest BCUT2D eigenvalue weighted by Crippen LogP contribution is -2.21. The molecule has 0 aliphatic heterocycles. The van der Waals surface area contributed by atoms with Crippen LogP contribution in [0.15, 0.2) is 54.7 Å². The largest absolute Gasteiger partial charge is 0.452 e. The van der Waals surface area contributed by atoms with E-state index in [4.69, 9.17) is 4.74 Å². The molecule has 3 N–H and O–H groups in total. The van der Waals surface area contributed by atoms with Crippen molar-refractivity contribution < 1.29 is 19.1 Å². The molecule has 2 aromatic carbocycles. The van der Waals surface area contributed by atoms with Crippen LogP contribution in [0.2, 0.25) is 0 Å². The second-order valence-electron chi connectivity index (χ2n) is 5.63. The molecule has 0 aliphatic carbocycles. The third kappa shape index (κ3) is 4.07. The molecule has 3 aromatic rings. The first-order chi connectivity index (χ1) is 12.5. The van der Waals surface area contributed by atoms with Crippen LogP contribution in [0, 0.1) is 0 Å². The summed E-state index contributed by atoms with van der Waals surface area (Å²) in [6.07, 6.45) is 1.56. The summed E-state index contributed by atoms with van der Waals surface area (Å²) in [5.74, 6) is -1.26. The Morgan fingerprint density at radius 1 is 1.00 bits per heavy atom. The molecule has 0 atom stereocenters. The molecule has 0 fully saturated rings. The summed E-state index contributed by atoms with van der Waals surface area (Å²) < 4.78 is 5.08. The van der Waals surface area contributed by atoms with E-state index in [1.807, 2.05) is 18.2 Å². The maximum Gasteiger partial charge on any atom is 0.340 e. The van der Waals surface area contributed by atoms with Gasteiger partial charge in [0.2, 0.25) is 5.91 Å². The van der Waals surface area contributed by atoms with E-state index in [2.05, 4.69) is 15.6 Å². The van der Waals surface area contributed by atoms with Crippen molar-refractivity contribution in [1.29, 1.82) is 0 Å². The van der Waals surface area contributed by atoms with Gasteiger partial charge in [-0.1, -0.05) is 24.3 Å². The maximum atomic E-state index is 12.2. The minimum atomic E-state index is -0.579. The summed E-state index contributed by atoms with van der Waals surface area (Å²) in [6.45, 7) is 0.984. The Labute approximate surface area is 149 Å². The highest BCUT2D eigenvalue weighted by Crippen LogP contribution is 2.18. The Morgan fingerprint density at radius 2 is 1.73 bits per heavy atom. The number of aromatic nitrogens is 1. The lowest BCUT2D eigenvalue weighted by Gasteiger charge is -2.08. The SMILES string of the molecule is CC(=O)Nc1cccc(NC(=O)COC(=O)c2c[nH]c3ccccc23)c1. The van der Waals surface area contributed by atoms with Crippen molar-refractivity contribution >= 4 is 40.1 Å². The van der Waals surface area contributed by atoms with E-state index in [9.17, 15) is 14.4 Å². The first-order valence-corrected chi connectivity index (χ1v) is 7.93. The molecule has 3 rings (SSSR count). The fourth-order valence-electron chi connectivity index (χ4n) is 2.52. The topological polar surface area (TPSA) is 100 Å². The first-order valence-electron chi connectivity index (χ1n) is 7.93. The Hall–Kier alpha value is -3.61. The molecular weight excluding hydrogens is 334 g/mol. The highest BCUT2D eigenvalue weighted by Gasteiger charge is 2.14. The van der Waals surface area contributed by atoms with Gasteiger partial charge in [0.05, 0.1) is 5.56 Å². The van der Waals surface area contributed by atoms with Crippen LogP contribution in [0.3, 0.4) is 0 Å². The van der Waals surface area contributed by atoms with Crippen LogP contribution in [-0.4, -0.2) is 29.4 Å². The summed E-state index contributed by atoms with van der Waals surface area (Å²) >= 11 is 0. The fraction of sp³-hybridized carbons (Fsp3) is 0.105. The van der Waals surface area contributed by atoms with Crippen LogP contribution in [0.1, 0.15) is 17.3 Å². The van der Waals surface area contributed by atoms with Crippen molar-refractivity contribution in [2.24, 2.45) is 0 Å². The average Bonchev–Trinajstić information content (AvgIpc) is 3.03. The monoisotopic (exact) mass is 351 g/mol. The summed E-state index contributed by atoms with van der Waals surface area (Å²) in [6, 6.07) is 14.0. The van der Waals surface area contributed by atoms with Crippen molar-refractivity contribution in [3.05, 3.63) is 60.3 Å². The van der Waals surface area contributed by atoms with Crippen molar-refractivity contribution in [3.63, 3.8) is 0 Å². The Bertz CT molecular complexity index is 978. The highest BCUT2D eigenvalue weighted by atomic mass is 16.5. The molecule has 0 unspecified atom stereocenters. The van der Waals surface area contributed by atoms with Crippen LogP contribution in [0.4, 0.5) is 11.4 Å². The molecule has 0 saturated carbocycles. The number of hydrogen-bond donors (Lipinski definition) is 3. The summed E-state index contributed by atoms with van der Waals surface area (Å²) in [4.78, 5) is 38.2. The average molecular weight is 351 g/mol. The number of amides is 2. The zero-order valence-electron chi connectivity index (χ0n) is 14.0. The third-order valence-electron chi connectivity index (χ3n) is 3.61. The van der Waals surface area contributed by atoms with Gasteiger partial charge in [0.25, 0.3) is 5.91 Å². The predicted octanol–water partition coefficient (Wildman–Crippen LogP) is 2.92. The molecular formula is C19H17N3O4. The van der Waals surface area contributed by atoms with E-state index in [-0.39, 0.29) is 5.91 Å². The van der Waals surface area contributed by atoms with Gasteiger partial charge in [0.1, 0.15) is 0 Å². The number of para-hydroxylation sites is 1. The van der Waals surface area contributed by atoms with Gasteiger partial charge in [-0.25, -0.2) is 4.79 Å². The number of aromatic amines is 1. The number of fused-ring (bicyclic) bond motifs is 1. The van der Waals surface area contributed by atoms with Crippen molar-refractivity contribution in [3.8, 4) is 0 Å². The quantitative estimate of drug-likeness (QED) is 0.615. The molecule has 0 spiro atoms. The molecule has 0 bridgehead atoms. The maximum absolute atomic E-state index is 12.2. The summed E-state index contributed by atoms with van der Waals surface area (Å²) in [5, 5.41) is 5.98. The molecule has 132 valence electrons. The molecule has 0 aliphatic rings. The van der Waals surface area contributed by atoms with E-state index in [0.29, 0.717) is 16.9 Å². The van der Waals surface area contributed by atoms with Gasteiger partial charge in [0, 0.05) is 35.4 Å². The lowest BCUT2D eigenvalue weighted by atomic mass is 10.2. The normalized spacial score (nSPS) is 10.3. The van der Waals surface area contributed by atoms with Crippen LogP contribution < -0.4 is 10.6 Å². The minimum Gasteiger partial charge on any atom is -0.452 e. The summed E-state index contributed by atoms with van der Waals surface area (Å²) in [5.41, 5.74) is 2.25. The summed E-state index contributed by atoms with van der Waals surface area (Å²) in [7, 11) is 0. The standard InChI is InChI=1S/C19H17N3O4/c1-12(23)21-13-5-4-6-14(9-13)22-18(24)11-26-19(25)16-10-20-17-8-3-2-7-15(16)17/h2-10,20H,11H2,1H3,(H,21,23)(H,22,24). The minimum absolute atomic E-state index is 0.207. The van der Waals surface area contributed by atoms with Gasteiger partial charge in [0.15, 0.2) is 6.61 Å². The first kappa shape index (κ1) is 17.2. The van der Waals surface area contributed by atoms with Crippen molar-refractivity contribution in [2.45, 2.75) is 6.92 Å². The van der Waals surface area contributed by atoms with Gasteiger partial charge in [-0.3, -0.25) is 9.59 Å². The number of hydrogen-bond acceptors (Lipinski definition) is 4. The Balaban J connectivity index is 1.59. The lowest BCUT2D eigenvalue weighted by molar-refractivity contribution is -0.119. The van der Waals surface area contributed by atoms with E-state index in [1.165, 1.54) is 6.92 Å². The number of nitrogens with one attached hydrogen (secondary N) is 3. The number of rotatable bonds is 5. The number of anilines is 2. The Morgan fingerprint density at radius 3 is 2.50 bits per heavy atom. The molecule has 0 saturated heterocycles. The molecule has 2 amide bonds. The fourth-order valence-corrected chi connectivity index (χ4v) is 2.52. The third-order valence-corrected chi connectivity index (χ3v) is 3.61. The van der Waals surface area contributed by atoms with E-state index < -0.39 is 18.5 Å². The van der Waals surface area contributed by atoms with Gasteiger partial charge < -0.3 is 20.4 Å². The van der Waals surface area contributed by atoms with E-state index in [1.54, 1.807) is 36.5 Å². The van der Waals surface area contributed by atoms with Gasteiger partial charge in [-0.2, -0.15) is 0 Å². The zero-order valence-corrected chi connectivity index (χ0v) is 14.0. The van der Waals surface area contributed by atoms with Crippen molar-refractivity contribution in [2.75, 3.05) is 17.2 Å². The molecule has 0 radical (unpaired) electrons. The molecule has 1 aromatic heterocycles. The number of ether oxygens (including phenoxy) is 1. The molecule has 7 heteroatoms. The van der Waals surface area contributed by atoms with Gasteiger partial charge >= 0.3 is 5.97 Å². The van der Waals surface area contributed by atoms with Crippen LogP contribution >= 0.6 is 0 Å². The number of H-pyrrole nitrogens is 1. The number of carbonyl (C=O) groups excluding carboxylic acids is 3. The van der Waals surface area contributed by atoms with Crippen LogP contribution in [0.25, 0.3) is 10.9 Å². The number of benzene rings is 2. The zero-order chi connectivity index (χ0) is 18.5. The Kier molecular flexibility index (Phi) is 4.98. The number of esters is 1. The van der Waals surface area contributed by atoms with Gasteiger partial charge in [-0.15, -0.1) is 0 Å². The van der Waals surface area contributed by atoms with Crippen LogP contribution in [0.5, 0.6) is 0 Å². The number of carbonyl (C=O) groups is 3. The highest BCUT2D eigenvalue weighted by molar-refractivity contribution is 6.05. The van der Waals surface area contributed by atoms with E-state index >= 15 is 0 Å². The van der Waals surface area contributed by atoms with E-state index in [0.717, 1.165) is 10.9 Å². The smallest absolute Gasteiger partial charge is 0.340 e. The van der Waals surface area contributed by atoms with Gasteiger partial charge in [-0.05, 0) is 24.3 Å². The molecule has 7 nitrogen and oxygen atoms in total. The molecule has 1 heterocycles. The van der Waals surface area contributed by atoms with Crippen LogP contribution in [-0.2, 0) is 14.3 Å². The molecule has 26 heavy (non-hydrogen) atoms.